The molecule has 0 bridgehead atoms. The zero-order valence-electron chi connectivity index (χ0n) is 12.3. The van der Waals surface area contributed by atoms with E-state index in [-0.39, 0.29) is 0 Å². The van der Waals surface area contributed by atoms with Crippen molar-refractivity contribution in [2.75, 3.05) is 6.26 Å². The number of rotatable bonds is 6. The summed E-state index contributed by atoms with van der Waals surface area (Å²) in [6.45, 7) is 5.02. The van der Waals surface area contributed by atoms with Gasteiger partial charge in [0.15, 0.2) is 0 Å². The molecule has 0 aliphatic heterocycles. The second-order valence-electron chi connectivity index (χ2n) is 4.76. The number of benzene rings is 1. The normalized spacial score (nSPS) is 12.6. The molecule has 1 unspecified atom stereocenters. The number of aliphatic hydroxyl groups excluding tert-OH is 1. The quantitative estimate of drug-likeness (QED) is 0.828. The van der Waals surface area contributed by atoms with E-state index in [1.165, 1.54) is 0 Å². The Hall–Kier alpha value is -1.26. The van der Waals surface area contributed by atoms with Gasteiger partial charge in [0.05, 0.1) is 11.8 Å². The molecule has 0 spiro atoms. The molecule has 1 atom stereocenters. The van der Waals surface area contributed by atoms with E-state index in [1.807, 2.05) is 29.1 Å². The summed E-state index contributed by atoms with van der Waals surface area (Å²) in [4.78, 5) is 1.14. The molecule has 108 valence electrons. The molecule has 4 heteroatoms. The molecule has 2 aromatic rings. The van der Waals surface area contributed by atoms with Crippen LogP contribution in [0.15, 0.2) is 35.2 Å². The summed E-state index contributed by atoms with van der Waals surface area (Å²) in [5.74, 6) is 0. The van der Waals surface area contributed by atoms with Crippen LogP contribution in [0.2, 0.25) is 0 Å². The second-order valence-corrected chi connectivity index (χ2v) is 5.61. The van der Waals surface area contributed by atoms with Crippen molar-refractivity contribution in [3.8, 4) is 0 Å². The van der Waals surface area contributed by atoms with Crippen LogP contribution in [-0.2, 0) is 19.4 Å². The predicted molar refractivity (Wildman–Crippen MR) is 84.2 cm³/mol. The third kappa shape index (κ3) is 3.25. The maximum absolute atomic E-state index is 10.5. The molecule has 1 aromatic carbocycles. The van der Waals surface area contributed by atoms with E-state index in [0.29, 0.717) is 6.42 Å². The topological polar surface area (TPSA) is 38.0 Å². The summed E-state index contributed by atoms with van der Waals surface area (Å²) >= 11 is 1.67. The molecule has 0 saturated heterocycles. The smallest absolute Gasteiger partial charge is 0.0856 e. The Balaban J connectivity index is 2.22. The summed E-state index contributed by atoms with van der Waals surface area (Å²) < 4.78 is 1.99. The van der Waals surface area contributed by atoms with E-state index in [1.54, 1.807) is 11.8 Å². The molecule has 0 aliphatic rings. The minimum atomic E-state index is -0.481. The van der Waals surface area contributed by atoms with Gasteiger partial charge in [0, 0.05) is 23.6 Å². The van der Waals surface area contributed by atoms with E-state index in [4.69, 9.17) is 0 Å². The Kier molecular flexibility index (Phi) is 5.26. The van der Waals surface area contributed by atoms with Crippen molar-refractivity contribution in [2.45, 2.75) is 44.2 Å². The highest BCUT2D eigenvalue weighted by atomic mass is 32.2. The van der Waals surface area contributed by atoms with Crippen LogP contribution in [0, 0.1) is 0 Å². The van der Waals surface area contributed by atoms with Crippen LogP contribution in [-0.4, -0.2) is 21.1 Å². The van der Waals surface area contributed by atoms with Gasteiger partial charge in [-0.15, -0.1) is 11.8 Å². The van der Waals surface area contributed by atoms with Crippen LogP contribution < -0.4 is 0 Å². The molecule has 0 fully saturated rings. The fraction of sp³-hybridized carbons (Fsp3) is 0.438. The number of aryl methyl sites for hydroxylation is 2. The molecule has 1 heterocycles. The van der Waals surface area contributed by atoms with Crippen LogP contribution in [0.5, 0.6) is 0 Å². The minimum absolute atomic E-state index is 0.481. The van der Waals surface area contributed by atoms with Crippen molar-refractivity contribution in [3.05, 3.63) is 47.3 Å². The third-order valence-corrected chi connectivity index (χ3v) is 4.29. The zero-order valence-corrected chi connectivity index (χ0v) is 13.2. The highest BCUT2D eigenvalue weighted by Crippen LogP contribution is 2.28. The SMILES string of the molecule is CCc1cc(CC(O)c2ccccc2SC)n(CC)n1. The van der Waals surface area contributed by atoms with Crippen molar-refractivity contribution in [1.29, 1.82) is 0 Å². The summed E-state index contributed by atoms with van der Waals surface area (Å²) in [5, 5.41) is 15.1. The van der Waals surface area contributed by atoms with Gasteiger partial charge < -0.3 is 5.11 Å². The van der Waals surface area contributed by atoms with E-state index in [2.05, 4.69) is 31.1 Å². The van der Waals surface area contributed by atoms with Gasteiger partial charge in [-0.1, -0.05) is 25.1 Å². The predicted octanol–water partition coefficient (Wildman–Crippen LogP) is 3.46. The van der Waals surface area contributed by atoms with Crippen LogP contribution in [0.4, 0.5) is 0 Å². The Morgan fingerprint density at radius 3 is 2.70 bits per heavy atom. The third-order valence-electron chi connectivity index (χ3n) is 3.48. The monoisotopic (exact) mass is 290 g/mol. The van der Waals surface area contributed by atoms with Crippen LogP contribution >= 0.6 is 11.8 Å². The number of hydrogen-bond acceptors (Lipinski definition) is 3. The van der Waals surface area contributed by atoms with Crippen LogP contribution in [0.1, 0.15) is 36.9 Å². The zero-order chi connectivity index (χ0) is 14.5. The summed E-state index contributed by atoms with van der Waals surface area (Å²) in [6.07, 6.45) is 3.10. The number of nitrogens with zero attached hydrogens (tertiary/aromatic N) is 2. The van der Waals surface area contributed by atoms with Gasteiger partial charge in [-0.05, 0) is 37.3 Å². The molecule has 1 N–H and O–H groups in total. The summed E-state index contributed by atoms with van der Waals surface area (Å²) in [5.41, 5.74) is 3.20. The van der Waals surface area contributed by atoms with Gasteiger partial charge in [-0.3, -0.25) is 4.68 Å². The van der Waals surface area contributed by atoms with Crippen LogP contribution in [0.25, 0.3) is 0 Å². The lowest BCUT2D eigenvalue weighted by molar-refractivity contribution is 0.172. The molecule has 0 amide bonds. The van der Waals surface area contributed by atoms with Crippen molar-refractivity contribution in [1.82, 2.24) is 9.78 Å². The van der Waals surface area contributed by atoms with Crippen LogP contribution in [0.3, 0.4) is 0 Å². The largest absolute Gasteiger partial charge is 0.388 e. The first-order chi connectivity index (χ1) is 9.69. The Morgan fingerprint density at radius 2 is 2.05 bits per heavy atom. The molecule has 2 rings (SSSR count). The number of aliphatic hydroxyl groups is 1. The lowest BCUT2D eigenvalue weighted by Crippen LogP contribution is -2.09. The van der Waals surface area contributed by atoms with Gasteiger partial charge in [-0.25, -0.2) is 0 Å². The van der Waals surface area contributed by atoms with Crippen molar-refractivity contribution >= 4 is 11.8 Å². The number of aromatic nitrogens is 2. The lowest BCUT2D eigenvalue weighted by Gasteiger charge is -2.15. The van der Waals surface area contributed by atoms with Gasteiger partial charge in [0.2, 0.25) is 0 Å². The lowest BCUT2D eigenvalue weighted by atomic mass is 10.0. The van der Waals surface area contributed by atoms with Gasteiger partial charge >= 0.3 is 0 Å². The van der Waals surface area contributed by atoms with Gasteiger partial charge in [0.25, 0.3) is 0 Å². The first-order valence-electron chi connectivity index (χ1n) is 7.06. The number of hydrogen-bond donors (Lipinski definition) is 1. The van der Waals surface area contributed by atoms with Gasteiger partial charge in [0.1, 0.15) is 0 Å². The fourth-order valence-corrected chi connectivity index (χ4v) is 3.03. The van der Waals surface area contributed by atoms with Crippen molar-refractivity contribution in [3.63, 3.8) is 0 Å². The highest BCUT2D eigenvalue weighted by Gasteiger charge is 2.15. The average molecular weight is 290 g/mol. The first-order valence-corrected chi connectivity index (χ1v) is 8.28. The van der Waals surface area contributed by atoms with E-state index >= 15 is 0 Å². The maximum atomic E-state index is 10.5. The Bertz CT molecular complexity index is 565. The van der Waals surface area contributed by atoms with E-state index < -0.39 is 6.10 Å². The average Bonchev–Trinajstić information content (AvgIpc) is 2.89. The second kappa shape index (κ2) is 6.95. The minimum Gasteiger partial charge on any atom is -0.388 e. The molecule has 20 heavy (non-hydrogen) atoms. The van der Waals surface area contributed by atoms with E-state index in [0.717, 1.165) is 34.8 Å². The highest BCUT2D eigenvalue weighted by molar-refractivity contribution is 7.98. The van der Waals surface area contributed by atoms with Gasteiger partial charge in [-0.2, -0.15) is 5.10 Å². The molecule has 1 aromatic heterocycles. The molecule has 0 saturated carbocycles. The Labute approximate surface area is 125 Å². The maximum Gasteiger partial charge on any atom is 0.0856 e. The molecular formula is C16H22N2OS. The molecule has 0 radical (unpaired) electrons. The van der Waals surface area contributed by atoms with Crippen molar-refractivity contribution < 1.29 is 5.11 Å². The Morgan fingerprint density at radius 1 is 1.30 bits per heavy atom. The van der Waals surface area contributed by atoms with E-state index in [9.17, 15) is 5.11 Å². The number of thioether (sulfide) groups is 1. The standard InChI is InChI=1S/C16H22N2OS/c1-4-12-10-13(18(5-2)17-12)11-15(19)14-8-6-7-9-16(14)20-3/h6-10,15,19H,4-5,11H2,1-3H3. The summed E-state index contributed by atoms with van der Waals surface area (Å²) in [6, 6.07) is 10.1. The molecule has 0 aliphatic carbocycles. The fourth-order valence-electron chi connectivity index (χ4n) is 2.38. The summed E-state index contributed by atoms with van der Waals surface area (Å²) in [7, 11) is 0. The molecule has 3 nitrogen and oxygen atoms in total. The molecular weight excluding hydrogens is 268 g/mol. The van der Waals surface area contributed by atoms with Crippen molar-refractivity contribution in [2.24, 2.45) is 0 Å². The first kappa shape index (κ1) is 15.1.